The van der Waals surface area contributed by atoms with Gasteiger partial charge in [-0.2, -0.15) is 0 Å². The van der Waals surface area contributed by atoms with Crippen LogP contribution in [0, 0.1) is 0 Å². The minimum absolute atomic E-state index is 0.150. The molecule has 0 bridgehead atoms. The van der Waals surface area contributed by atoms with E-state index in [1.54, 1.807) is 70.5 Å². The minimum Gasteiger partial charge on any atom is -0.497 e. The van der Waals surface area contributed by atoms with Crippen molar-refractivity contribution in [3.8, 4) is 23.0 Å². The van der Waals surface area contributed by atoms with Crippen molar-refractivity contribution >= 4 is 29.4 Å². The first kappa shape index (κ1) is 27.6. The standard InChI is InChI=1S/C28H28N2O8S/c1-7-37-27(33)24-15(2)29-28-30(25(24)17-8-10-21(38-16(3)31)22(13-17)36-6)26(32)23(39-28)14-18-12-19(34-4)9-11-20(18)35-5/h8-14,25H,7H2,1-6H3/b23-14-. The van der Waals surface area contributed by atoms with E-state index in [1.807, 2.05) is 0 Å². The summed E-state index contributed by atoms with van der Waals surface area (Å²) in [7, 11) is 4.54. The molecule has 1 aliphatic heterocycles. The highest BCUT2D eigenvalue weighted by Crippen LogP contribution is 2.36. The highest BCUT2D eigenvalue weighted by atomic mass is 32.1. The van der Waals surface area contributed by atoms with E-state index in [2.05, 4.69) is 4.99 Å². The van der Waals surface area contributed by atoms with Gasteiger partial charge in [-0.1, -0.05) is 17.4 Å². The number of allylic oxidation sites excluding steroid dienone is 1. The Balaban J connectivity index is 1.97. The van der Waals surface area contributed by atoms with Crippen LogP contribution in [0.5, 0.6) is 23.0 Å². The summed E-state index contributed by atoms with van der Waals surface area (Å²) in [6.07, 6.45) is 1.70. The zero-order chi connectivity index (χ0) is 28.3. The molecule has 2 aromatic carbocycles. The number of hydrogen-bond acceptors (Lipinski definition) is 10. The minimum atomic E-state index is -0.866. The van der Waals surface area contributed by atoms with E-state index in [0.717, 1.165) is 0 Å². The number of fused-ring (bicyclic) bond motifs is 1. The molecule has 1 atom stereocenters. The van der Waals surface area contributed by atoms with Gasteiger partial charge in [0.1, 0.15) is 11.5 Å². The second kappa shape index (κ2) is 11.6. The molecule has 0 aliphatic carbocycles. The maximum absolute atomic E-state index is 13.9. The van der Waals surface area contributed by atoms with E-state index < -0.39 is 18.0 Å². The van der Waals surface area contributed by atoms with E-state index >= 15 is 0 Å². The molecule has 4 rings (SSSR count). The van der Waals surface area contributed by atoms with Crippen molar-refractivity contribution in [2.45, 2.75) is 26.8 Å². The molecule has 2 heterocycles. The average Bonchev–Trinajstić information content (AvgIpc) is 3.21. The molecular weight excluding hydrogens is 524 g/mol. The fraction of sp³-hybridized carbons (Fsp3) is 0.286. The first-order chi connectivity index (χ1) is 18.7. The smallest absolute Gasteiger partial charge is 0.338 e. The number of ether oxygens (including phenoxy) is 5. The molecule has 0 N–H and O–H groups in total. The third kappa shape index (κ3) is 5.44. The Kier molecular flexibility index (Phi) is 8.20. The van der Waals surface area contributed by atoms with E-state index in [1.165, 1.54) is 29.9 Å². The lowest BCUT2D eigenvalue weighted by atomic mass is 9.95. The van der Waals surface area contributed by atoms with Crippen LogP contribution in [0.1, 0.15) is 37.9 Å². The van der Waals surface area contributed by atoms with Crippen molar-refractivity contribution < 1.29 is 33.3 Å². The predicted octanol–water partition coefficient (Wildman–Crippen LogP) is 2.75. The Labute approximate surface area is 228 Å². The van der Waals surface area contributed by atoms with Crippen LogP contribution in [0.25, 0.3) is 6.08 Å². The van der Waals surface area contributed by atoms with Crippen molar-refractivity contribution in [1.29, 1.82) is 0 Å². The number of hydrogen-bond donors (Lipinski definition) is 0. The van der Waals surface area contributed by atoms with E-state index in [0.29, 0.717) is 37.7 Å². The number of esters is 2. The van der Waals surface area contributed by atoms with Gasteiger partial charge in [0.2, 0.25) is 0 Å². The first-order valence-electron chi connectivity index (χ1n) is 12.0. The molecule has 0 saturated heterocycles. The summed E-state index contributed by atoms with van der Waals surface area (Å²) in [4.78, 5) is 43.6. The molecule has 0 saturated carbocycles. The van der Waals surface area contributed by atoms with Crippen LogP contribution in [0.15, 0.2) is 57.5 Å². The highest BCUT2D eigenvalue weighted by Gasteiger charge is 2.34. The molecule has 204 valence electrons. The molecule has 10 nitrogen and oxygen atoms in total. The Hall–Kier alpha value is -4.38. The van der Waals surface area contributed by atoms with Crippen molar-refractivity contribution in [2.24, 2.45) is 4.99 Å². The quantitative estimate of drug-likeness (QED) is 0.310. The van der Waals surface area contributed by atoms with Gasteiger partial charge in [-0.25, -0.2) is 9.79 Å². The summed E-state index contributed by atoms with van der Waals surface area (Å²) in [6, 6.07) is 9.28. The summed E-state index contributed by atoms with van der Waals surface area (Å²) in [6.45, 7) is 4.84. The molecule has 1 unspecified atom stereocenters. The number of thiazole rings is 1. The number of benzene rings is 2. The normalized spacial score (nSPS) is 14.8. The largest absolute Gasteiger partial charge is 0.497 e. The maximum atomic E-state index is 13.9. The Bertz CT molecular complexity index is 1650. The van der Waals surface area contributed by atoms with E-state index in [-0.39, 0.29) is 29.2 Å². The second-order valence-electron chi connectivity index (χ2n) is 8.41. The summed E-state index contributed by atoms with van der Waals surface area (Å²) in [5.41, 5.74) is 1.48. The number of carbonyl (C=O) groups is 2. The fourth-order valence-corrected chi connectivity index (χ4v) is 5.33. The number of rotatable bonds is 8. The van der Waals surface area contributed by atoms with Gasteiger partial charge < -0.3 is 23.7 Å². The second-order valence-corrected chi connectivity index (χ2v) is 9.42. The van der Waals surface area contributed by atoms with Crippen LogP contribution in [-0.2, 0) is 14.3 Å². The number of methoxy groups -OCH3 is 3. The van der Waals surface area contributed by atoms with Crippen molar-refractivity contribution in [2.75, 3.05) is 27.9 Å². The molecule has 39 heavy (non-hydrogen) atoms. The summed E-state index contributed by atoms with van der Waals surface area (Å²) >= 11 is 1.19. The molecule has 0 spiro atoms. The van der Waals surface area contributed by atoms with Crippen LogP contribution in [0.4, 0.5) is 0 Å². The third-order valence-electron chi connectivity index (χ3n) is 6.00. The summed E-state index contributed by atoms with van der Waals surface area (Å²) in [5.74, 6) is 0.550. The Morgan fingerprint density at radius 2 is 1.74 bits per heavy atom. The summed E-state index contributed by atoms with van der Waals surface area (Å²) < 4.78 is 28.7. The highest BCUT2D eigenvalue weighted by molar-refractivity contribution is 7.07. The zero-order valence-corrected chi connectivity index (χ0v) is 23.2. The van der Waals surface area contributed by atoms with Gasteiger partial charge in [-0.3, -0.25) is 14.2 Å². The Morgan fingerprint density at radius 3 is 2.38 bits per heavy atom. The molecule has 1 aromatic heterocycles. The van der Waals surface area contributed by atoms with Crippen molar-refractivity contribution in [1.82, 2.24) is 4.57 Å². The van der Waals surface area contributed by atoms with Gasteiger partial charge in [0.05, 0.1) is 49.8 Å². The topological polar surface area (TPSA) is 115 Å². The molecule has 1 aliphatic rings. The van der Waals surface area contributed by atoms with Gasteiger partial charge in [-0.15, -0.1) is 0 Å². The van der Waals surface area contributed by atoms with Gasteiger partial charge in [0.15, 0.2) is 16.3 Å². The first-order valence-corrected chi connectivity index (χ1v) is 12.8. The number of nitrogens with zero attached hydrogens (tertiary/aromatic N) is 2. The van der Waals surface area contributed by atoms with Crippen molar-refractivity contribution in [3.05, 3.63) is 78.5 Å². The molecule has 0 fully saturated rings. The van der Waals surface area contributed by atoms with Gasteiger partial charge in [0, 0.05) is 12.5 Å². The molecule has 0 amide bonds. The van der Waals surface area contributed by atoms with E-state index in [4.69, 9.17) is 23.7 Å². The number of carbonyl (C=O) groups excluding carboxylic acids is 2. The lowest BCUT2D eigenvalue weighted by Crippen LogP contribution is -2.40. The zero-order valence-electron chi connectivity index (χ0n) is 22.4. The predicted molar refractivity (Wildman–Crippen MR) is 144 cm³/mol. The van der Waals surface area contributed by atoms with Crippen LogP contribution < -0.4 is 33.8 Å². The Morgan fingerprint density at radius 1 is 1.03 bits per heavy atom. The van der Waals surface area contributed by atoms with Gasteiger partial charge in [-0.05, 0) is 55.8 Å². The van der Waals surface area contributed by atoms with Gasteiger partial charge in [0.25, 0.3) is 5.56 Å². The van der Waals surface area contributed by atoms with Gasteiger partial charge >= 0.3 is 11.9 Å². The molecule has 3 aromatic rings. The monoisotopic (exact) mass is 552 g/mol. The van der Waals surface area contributed by atoms with Crippen LogP contribution in [-0.4, -0.2) is 44.4 Å². The average molecular weight is 553 g/mol. The maximum Gasteiger partial charge on any atom is 0.338 e. The molecule has 0 radical (unpaired) electrons. The number of aromatic nitrogens is 1. The van der Waals surface area contributed by atoms with Crippen LogP contribution >= 0.6 is 11.3 Å². The van der Waals surface area contributed by atoms with E-state index in [9.17, 15) is 14.4 Å². The van der Waals surface area contributed by atoms with Crippen LogP contribution in [0.2, 0.25) is 0 Å². The SMILES string of the molecule is CCOC(=O)C1=C(C)N=c2s/c(=C\c3cc(OC)ccc3OC)c(=O)n2C1c1ccc(OC(C)=O)c(OC)c1. The fourth-order valence-electron chi connectivity index (χ4n) is 4.29. The van der Waals surface area contributed by atoms with Crippen LogP contribution in [0.3, 0.4) is 0 Å². The molecule has 11 heteroatoms. The lowest BCUT2D eigenvalue weighted by Gasteiger charge is -2.25. The third-order valence-corrected chi connectivity index (χ3v) is 6.98. The lowest BCUT2D eigenvalue weighted by molar-refractivity contribution is -0.139. The summed E-state index contributed by atoms with van der Waals surface area (Å²) in [5, 5.41) is 0. The molecular formula is C28H28N2O8S. The van der Waals surface area contributed by atoms with Crippen molar-refractivity contribution in [3.63, 3.8) is 0 Å².